The molecule has 21 heavy (non-hydrogen) atoms. The van der Waals surface area contributed by atoms with Crippen LogP contribution in [0.3, 0.4) is 0 Å². The zero-order valence-corrected chi connectivity index (χ0v) is 13.0. The number of nitrogens with two attached hydrogens (primary N) is 1. The minimum atomic E-state index is -4.60. The first-order chi connectivity index (χ1) is 9.40. The zero-order valence-electron chi connectivity index (χ0n) is 11.4. The van der Waals surface area contributed by atoms with Gasteiger partial charge in [0.25, 0.3) is 0 Å². The normalized spacial score (nSPS) is 13.8. The van der Waals surface area contributed by atoms with Crippen molar-refractivity contribution in [2.75, 3.05) is 17.3 Å². The lowest BCUT2D eigenvalue weighted by molar-refractivity contribution is -0.137. The minimum Gasteiger partial charge on any atom is -0.389 e. The molecule has 0 saturated heterocycles. The number of hydrogen-bond donors (Lipinski definition) is 2. The summed E-state index contributed by atoms with van der Waals surface area (Å²) >= 11 is 4.60. The summed E-state index contributed by atoms with van der Waals surface area (Å²) in [4.78, 5) is -0.349. The Morgan fingerprint density at radius 1 is 1.43 bits per heavy atom. The molecule has 0 aliphatic heterocycles. The highest BCUT2D eigenvalue weighted by molar-refractivity contribution is 7.90. The first-order valence-electron chi connectivity index (χ1n) is 5.85. The van der Waals surface area contributed by atoms with Crippen LogP contribution in [0.25, 0.3) is 0 Å². The largest absolute Gasteiger partial charge is 0.417 e. The molecule has 1 aromatic carbocycles. The number of alkyl halides is 3. The van der Waals surface area contributed by atoms with Gasteiger partial charge in [-0.05, 0) is 25.1 Å². The lowest BCUT2D eigenvalue weighted by Gasteiger charge is -2.18. The summed E-state index contributed by atoms with van der Waals surface area (Å²) in [5.41, 5.74) is 4.21. The van der Waals surface area contributed by atoms with Gasteiger partial charge in [0.2, 0.25) is 0 Å². The van der Waals surface area contributed by atoms with Gasteiger partial charge < -0.3 is 11.1 Å². The molecule has 3 N–H and O–H groups in total. The number of sulfone groups is 1. The molecule has 0 bridgehead atoms. The van der Waals surface area contributed by atoms with E-state index in [4.69, 9.17) is 5.73 Å². The third kappa shape index (κ3) is 5.50. The van der Waals surface area contributed by atoms with Crippen molar-refractivity contribution in [2.45, 2.75) is 19.1 Å². The first kappa shape index (κ1) is 17.7. The standard InChI is InChI=1S/C12H15F3N2O2S2/c1-7(6-21(2,18)19)17-8-3-4-9(11(16)20)10(5-8)12(13,14)15/h3-5,7,17H,6H2,1-2H3,(H2,16,20). The minimum absolute atomic E-state index is 0.151. The molecule has 0 radical (unpaired) electrons. The number of anilines is 1. The summed E-state index contributed by atoms with van der Waals surface area (Å²) < 4.78 is 61.2. The molecule has 1 rings (SSSR count). The van der Waals surface area contributed by atoms with Gasteiger partial charge in [-0.2, -0.15) is 13.2 Å². The Kier molecular flexibility index (Phi) is 5.21. The van der Waals surface area contributed by atoms with E-state index in [9.17, 15) is 21.6 Å². The molecule has 1 aromatic rings. The van der Waals surface area contributed by atoms with Crippen LogP contribution < -0.4 is 11.1 Å². The van der Waals surface area contributed by atoms with Crippen molar-refractivity contribution in [3.8, 4) is 0 Å². The van der Waals surface area contributed by atoms with Gasteiger partial charge >= 0.3 is 6.18 Å². The molecule has 0 aliphatic rings. The van der Waals surface area contributed by atoms with Crippen molar-refractivity contribution in [1.82, 2.24) is 0 Å². The van der Waals surface area contributed by atoms with E-state index in [2.05, 4.69) is 17.5 Å². The quantitative estimate of drug-likeness (QED) is 0.804. The lowest BCUT2D eigenvalue weighted by atomic mass is 10.1. The molecule has 0 fully saturated rings. The Hall–Kier alpha value is -1.35. The van der Waals surface area contributed by atoms with Crippen LogP contribution in [0.15, 0.2) is 18.2 Å². The molecule has 1 atom stereocenters. The summed E-state index contributed by atoms with van der Waals surface area (Å²) in [7, 11) is -3.23. The van der Waals surface area contributed by atoms with Crippen molar-refractivity contribution >= 4 is 32.7 Å². The van der Waals surface area contributed by atoms with Gasteiger partial charge in [-0.25, -0.2) is 8.42 Å². The average Bonchev–Trinajstić information content (AvgIpc) is 2.24. The van der Waals surface area contributed by atoms with Crippen LogP contribution in [-0.4, -0.2) is 31.5 Å². The molecule has 1 unspecified atom stereocenters. The molecule has 9 heteroatoms. The fraction of sp³-hybridized carbons (Fsp3) is 0.417. The topological polar surface area (TPSA) is 72.2 Å². The van der Waals surface area contributed by atoms with E-state index in [1.54, 1.807) is 6.92 Å². The van der Waals surface area contributed by atoms with E-state index in [0.29, 0.717) is 0 Å². The van der Waals surface area contributed by atoms with Crippen LogP contribution in [-0.2, 0) is 16.0 Å². The van der Waals surface area contributed by atoms with E-state index in [1.807, 2.05) is 0 Å². The highest BCUT2D eigenvalue weighted by atomic mass is 32.2. The van der Waals surface area contributed by atoms with Crippen LogP contribution in [0, 0.1) is 0 Å². The maximum absolute atomic E-state index is 13.0. The number of benzene rings is 1. The molecular formula is C12H15F3N2O2S2. The van der Waals surface area contributed by atoms with Crippen LogP contribution in [0.4, 0.5) is 18.9 Å². The Balaban J connectivity index is 3.09. The van der Waals surface area contributed by atoms with Crippen molar-refractivity contribution < 1.29 is 21.6 Å². The second kappa shape index (κ2) is 6.18. The van der Waals surface area contributed by atoms with Crippen molar-refractivity contribution in [3.63, 3.8) is 0 Å². The fourth-order valence-corrected chi connectivity index (χ4v) is 3.03. The van der Waals surface area contributed by atoms with E-state index >= 15 is 0 Å². The van der Waals surface area contributed by atoms with Gasteiger partial charge in [0.05, 0.1) is 11.3 Å². The summed E-state index contributed by atoms with van der Waals surface area (Å²) in [5.74, 6) is -0.189. The van der Waals surface area contributed by atoms with Crippen LogP contribution >= 0.6 is 12.2 Å². The van der Waals surface area contributed by atoms with Crippen molar-refractivity contribution in [2.24, 2.45) is 5.73 Å². The van der Waals surface area contributed by atoms with Gasteiger partial charge in [0.1, 0.15) is 14.8 Å². The van der Waals surface area contributed by atoms with Gasteiger partial charge in [-0.15, -0.1) is 0 Å². The molecule has 4 nitrogen and oxygen atoms in total. The number of thiocarbonyl (C=S) groups is 1. The van der Waals surface area contributed by atoms with Crippen LogP contribution in [0.2, 0.25) is 0 Å². The van der Waals surface area contributed by atoms with Crippen molar-refractivity contribution in [3.05, 3.63) is 29.3 Å². The van der Waals surface area contributed by atoms with E-state index in [1.165, 1.54) is 12.1 Å². The monoisotopic (exact) mass is 340 g/mol. The maximum Gasteiger partial charge on any atom is 0.417 e. The number of nitrogens with one attached hydrogen (secondary N) is 1. The lowest BCUT2D eigenvalue weighted by Crippen LogP contribution is -2.25. The molecule has 0 aliphatic carbocycles. The Labute approximate surface area is 126 Å². The summed E-state index contributed by atoms with van der Waals surface area (Å²) in [6.45, 7) is 1.57. The summed E-state index contributed by atoms with van der Waals surface area (Å²) in [6, 6.07) is 2.88. The number of halogens is 3. The molecule has 118 valence electrons. The molecule has 0 heterocycles. The Morgan fingerprint density at radius 2 is 2.00 bits per heavy atom. The van der Waals surface area contributed by atoms with Crippen LogP contribution in [0.5, 0.6) is 0 Å². The predicted octanol–water partition coefficient (Wildman–Crippen LogP) is 2.18. The fourth-order valence-electron chi connectivity index (χ4n) is 1.86. The van der Waals surface area contributed by atoms with Crippen molar-refractivity contribution in [1.29, 1.82) is 0 Å². The molecule has 0 spiro atoms. The van der Waals surface area contributed by atoms with Gasteiger partial charge in [0.15, 0.2) is 0 Å². The van der Waals surface area contributed by atoms with Gasteiger partial charge in [-0.3, -0.25) is 0 Å². The molecule has 0 saturated carbocycles. The van der Waals surface area contributed by atoms with Crippen LogP contribution in [0.1, 0.15) is 18.1 Å². The molecule has 0 amide bonds. The molecule has 0 aromatic heterocycles. The smallest absolute Gasteiger partial charge is 0.389 e. The van der Waals surface area contributed by atoms with Gasteiger partial charge in [-0.1, -0.05) is 12.2 Å². The second-order valence-corrected chi connectivity index (χ2v) is 7.38. The average molecular weight is 340 g/mol. The Morgan fingerprint density at radius 3 is 2.43 bits per heavy atom. The van der Waals surface area contributed by atoms with E-state index in [-0.39, 0.29) is 22.0 Å². The first-order valence-corrected chi connectivity index (χ1v) is 8.32. The summed E-state index contributed by atoms with van der Waals surface area (Å²) in [6.07, 6.45) is -3.54. The third-order valence-electron chi connectivity index (χ3n) is 2.56. The summed E-state index contributed by atoms with van der Waals surface area (Å²) in [5, 5.41) is 2.71. The van der Waals surface area contributed by atoms with E-state index < -0.39 is 27.6 Å². The zero-order chi connectivity index (χ0) is 16.4. The number of rotatable bonds is 5. The maximum atomic E-state index is 13.0. The predicted molar refractivity (Wildman–Crippen MR) is 80.1 cm³/mol. The highest BCUT2D eigenvalue weighted by Gasteiger charge is 2.34. The third-order valence-corrected chi connectivity index (χ3v) is 3.88. The molecular weight excluding hydrogens is 325 g/mol. The van der Waals surface area contributed by atoms with E-state index in [0.717, 1.165) is 12.3 Å². The van der Waals surface area contributed by atoms with Gasteiger partial charge in [0, 0.05) is 23.5 Å². The number of hydrogen-bond acceptors (Lipinski definition) is 4. The highest BCUT2D eigenvalue weighted by Crippen LogP contribution is 2.34. The SMILES string of the molecule is CC(CS(C)(=O)=O)Nc1ccc(C(N)=S)c(C(F)(F)F)c1. The second-order valence-electron chi connectivity index (χ2n) is 4.76. The Bertz CT molecular complexity index is 642.